The summed E-state index contributed by atoms with van der Waals surface area (Å²) < 4.78 is 10.0. The van der Waals surface area contributed by atoms with E-state index >= 15 is 0 Å². The van der Waals surface area contributed by atoms with E-state index in [-0.39, 0.29) is 12.0 Å². The van der Waals surface area contributed by atoms with Crippen molar-refractivity contribution < 1.29 is 14.3 Å². The van der Waals surface area contributed by atoms with Crippen LogP contribution in [0.25, 0.3) is 0 Å². The molecule has 0 fully saturated rings. The summed E-state index contributed by atoms with van der Waals surface area (Å²) >= 11 is 5.10. The molecule has 0 saturated carbocycles. The summed E-state index contributed by atoms with van der Waals surface area (Å²) in [7, 11) is 0. The Morgan fingerprint density at radius 2 is 2.38 bits per heavy atom. The predicted octanol–water partition coefficient (Wildman–Crippen LogP) is 2.34. The summed E-state index contributed by atoms with van der Waals surface area (Å²) in [6.07, 6.45) is 8.73. The van der Waals surface area contributed by atoms with Gasteiger partial charge in [0, 0.05) is 17.5 Å². The van der Waals surface area contributed by atoms with Crippen LogP contribution < -0.4 is 0 Å². The van der Waals surface area contributed by atoms with Crippen LogP contribution in [0.15, 0.2) is 36.3 Å². The van der Waals surface area contributed by atoms with Crippen LogP contribution in [0, 0.1) is 5.92 Å². The van der Waals surface area contributed by atoms with Crippen LogP contribution in [-0.4, -0.2) is 11.5 Å². The smallest absolute Gasteiger partial charge is 0.409 e. The van der Waals surface area contributed by atoms with Crippen molar-refractivity contribution in [3.8, 4) is 0 Å². The lowest BCUT2D eigenvalue weighted by atomic mass is 9.98. The summed E-state index contributed by atoms with van der Waals surface area (Å²) in [5.41, 5.74) is -0.837. The zero-order valence-electron chi connectivity index (χ0n) is 6.64. The van der Waals surface area contributed by atoms with Gasteiger partial charge >= 0.3 is 5.43 Å². The molecule has 0 N–H and O–H groups in total. The highest BCUT2D eigenvalue weighted by molar-refractivity contribution is 6.61. The highest BCUT2D eigenvalue weighted by Crippen LogP contribution is 2.29. The fourth-order valence-corrected chi connectivity index (χ4v) is 1.48. The molecule has 2 aliphatic rings. The lowest BCUT2D eigenvalue weighted by molar-refractivity contribution is 0.116. The minimum Gasteiger partial charge on any atom is -0.489 e. The lowest BCUT2D eigenvalue weighted by Gasteiger charge is -2.20. The summed E-state index contributed by atoms with van der Waals surface area (Å²) in [5.74, 6) is 0.605. The summed E-state index contributed by atoms with van der Waals surface area (Å²) in [6, 6.07) is 0. The van der Waals surface area contributed by atoms with E-state index in [9.17, 15) is 4.79 Å². The molecule has 0 amide bonds. The highest BCUT2D eigenvalue weighted by Gasteiger charge is 2.30. The van der Waals surface area contributed by atoms with Crippen LogP contribution in [0.4, 0.5) is 4.79 Å². The Balaban J connectivity index is 2.14. The first-order chi connectivity index (χ1) is 6.27. The van der Waals surface area contributed by atoms with Gasteiger partial charge in [0.05, 0.1) is 6.26 Å². The molecule has 4 heteroatoms. The third kappa shape index (κ3) is 1.60. The van der Waals surface area contributed by atoms with Gasteiger partial charge in [-0.15, -0.1) is 0 Å². The molecule has 2 rings (SSSR count). The van der Waals surface area contributed by atoms with Crippen LogP contribution in [0.2, 0.25) is 0 Å². The fourth-order valence-electron chi connectivity index (χ4n) is 1.39. The van der Waals surface area contributed by atoms with E-state index in [0.29, 0.717) is 5.76 Å². The first kappa shape index (κ1) is 8.38. The van der Waals surface area contributed by atoms with Gasteiger partial charge in [-0.1, -0.05) is 12.2 Å². The SMILES string of the molecule is O=C(Cl)OC1=CC=CC2C=COC12. The van der Waals surface area contributed by atoms with Crippen molar-refractivity contribution in [3.05, 3.63) is 36.3 Å². The van der Waals surface area contributed by atoms with Crippen molar-refractivity contribution >= 4 is 17.0 Å². The third-order valence-electron chi connectivity index (χ3n) is 1.95. The molecule has 0 aromatic carbocycles. The Morgan fingerprint density at radius 1 is 1.54 bits per heavy atom. The molecular formula is C9H7ClO3. The van der Waals surface area contributed by atoms with E-state index in [1.807, 2.05) is 18.2 Å². The van der Waals surface area contributed by atoms with Gasteiger partial charge in [0.15, 0.2) is 11.9 Å². The number of rotatable bonds is 1. The second kappa shape index (κ2) is 3.26. The monoisotopic (exact) mass is 198 g/mol. The number of carbonyl (C=O) groups is 1. The first-order valence-corrected chi connectivity index (χ1v) is 4.23. The minimum absolute atomic E-state index is 0.149. The molecule has 68 valence electrons. The molecule has 0 bridgehead atoms. The first-order valence-electron chi connectivity index (χ1n) is 3.85. The van der Waals surface area contributed by atoms with Gasteiger partial charge in [-0.05, 0) is 12.2 Å². The van der Waals surface area contributed by atoms with Crippen LogP contribution >= 0.6 is 11.6 Å². The standard InChI is InChI=1S/C9H7ClO3/c10-9(11)13-7-3-1-2-6-4-5-12-8(6)7/h1-6,8H. The Kier molecular flexibility index (Phi) is 2.10. The van der Waals surface area contributed by atoms with E-state index in [1.165, 1.54) is 0 Å². The van der Waals surface area contributed by atoms with Gasteiger partial charge in [0.2, 0.25) is 0 Å². The summed E-state index contributed by atoms with van der Waals surface area (Å²) in [6.45, 7) is 0. The third-order valence-corrected chi connectivity index (χ3v) is 2.03. The lowest BCUT2D eigenvalue weighted by Crippen LogP contribution is -2.22. The van der Waals surface area contributed by atoms with Gasteiger partial charge in [-0.25, -0.2) is 4.79 Å². The van der Waals surface area contributed by atoms with Crippen molar-refractivity contribution in [1.29, 1.82) is 0 Å². The molecule has 0 radical (unpaired) electrons. The molecule has 0 aromatic rings. The van der Waals surface area contributed by atoms with E-state index in [0.717, 1.165) is 0 Å². The van der Waals surface area contributed by atoms with E-state index in [2.05, 4.69) is 0 Å². The average molecular weight is 199 g/mol. The molecule has 1 aliphatic heterocycles. The van der Waals surface area contributed by atoms with Gasteiger partial charge in [0.25, 0.3) is 0 Å². The van der Waals surface area contributed by atoms with Gasteiger partial charge < -0.3 is 9.47 Å². The molecule has 2 atom stereocenters. The zero-order valence-corrected chi connectivity index (χ0v) is 7.40. The van der Waals surface area contributed by atoms with Crippen molar-refractivity contribution in [1.82, 2.24) is 0 Å². The number of fused-ring (bicyclic) bond motifs is 1. The number of hydrogen-bond donors (Lipinski definition) is 0. The second-order valence-corrected chi connectivity index (χ2v) is 3.06. The molecule has 1 aliphatic carbocycles. The van der Waals surface area contributed by atoms with Gasteiger partial charge in [-0.3, -0.25) is 0 Å². The van der Waals surface area contributed by atoms with E-state index in [4.69, 9.17) is 21.1 Å². The number of ether oxygens (including phenoxy) is 2. The average Bonchev–Trinajstić information content (AvgIpc) is 2.51. The van der Waals surface area contributed by atoms with Crippen molar-refractivity contribution in [2.24, 2.45) is 5.92 Å². The quantitative estimate of drug-likeness (QED) is 0.607. The topological polar surface area (TPSA) is 35.5 Å². The van der Waals surface area contributed by atoms with Crippen molar-refractivity contribution in [2.75, 3.05) is 0 Å². The molecule has 0 aromatic heterocycles. The maximum atomic E-state index is 10.5. The Bertz CT molecular complexity index is 317. The normalized spacial score (nSPS) is 29.2. The number of carbonyl (C=O) groups excluding carboxylic acids is 1. The second-order valence-electron chi connectivity index (χ2n) is 2.76. The summed E-state index contributed by atoms with van der Waals surface area (Å²) in [5, 5.41) is 0. The maximum Gasteiger partial charge on any atom is 0.409 e. The zero-order chi connectivity index (χ0) is 9.26. The minimum atomic E-state index is -0.837. The molecule has 3 nitrogen and oxygen atoms in total. The molecule has 1 heterocycles. The van der Waals surface area contributed by atoms with E-state index in [1.54, 1.807) is 12.3 Å². The Hall–Kier alpha value is -1.22. The van der Waals surface area contributed by atoms with E-state index < -0.39 is 5.43 Å². The fraction of sp³-hybridized carbons (Fsp3) is 0.222. The maximum absolute atomic E-state index is 10.5. The molecule has 2 unspecified atom stereocenters. The number of halogens is 1. The van der Waals surface area contributed by atoms with Crippen LogP contribution in [0.3, 0.4) is 0 Å². The van der Waals surface area contributed by atoms with Crippen LogP contribution in [0.1, 0.15) is 0 Å². The molecule has 0 saturated heterocycles. The predicted molar refractivity (Wildman–Crippen MR) is 47.1 cm³/mol. The Labute approximate surface area is 80.3 Å². The van der Waals surface area contributed by atoms with Crippen molar-refractivity contribution in [2.45, 2.75) is 6.10 Å². The van der Waals surface area contributed by atoms with Crippen LogP contribution in [0.5, 0.6) is 0 Å². The highest BCUT2D eigenvalue weighted by atomic mass is 35.5. The molecule has 13 heavy (non-hydrogen) atoms. The largest absolute Gasteiger partial charge is 0.489 e. The Morgan fingerprint density at radius 3 is 3.15 bits per heavy atom. The van der Waals surface area contributed by atoms with Gasteiger partial charge in [0.1, 0.15) is 0 Å². The van der Waals surface area contributed by atoms with Crippen molar-refractivity contribution in [3.63, 3.8) is 0 Å². The summed E-state index contributed by atoms with van der Waals surface area (Å²) in [4.78, 5) is 10.5. The van der Waals surface area contributed by atoms with Crippen LogP contribution in [-0.2, 0) is 9.47 Å². The number of hydrogen-bond acceptors (Lipinski definition) is 3. The molecular weight excluding hydrogens is 192 g/mol. The number of allylic oxidation sites excluding steroid dienone is 2. The van der Waals surface area contributed by atoms with Gasteiger partial charge in [-0.2, -0.15) is 0 Å². The molecule has 0 spiro atoms.